The van der Waals surface area contributed by atoms with Gasteiger partial charge in [0.25, 0.3) is 0 Å². The van der Waals surface area contributed by atoms with Crippen LogP contribution in [0.5, 0.6) is 5.75 Å². The summed E-state index contributed by atoms with van der Waals surface area (Å²) in [5.74, 6) is 0.734. The van der Waals surface area contributed by atoms with Crippen molar-refractivity contribution in [2.45, 2.75) is 19.4 Å². The SMILES string of the molecule is CCCOc1cc(Br)c2c(c1)B(O)OC2CN.Cl. The Morgan fingerprint density at radius 1 is 1.56 bits per heavy atom. The summed E-state index contributed by atoms with van der Waals surface area (Å²) in [6, 6.07) is 3.70. The van der Waals surface area contributed by atoms with Crippen molar-refractivity contribution in [3.63, 3.8) is 0 Å². The fourth-order valence-electron chi connectivity index (χ4n) is 1.93. The maximum atomic E-state index is 9.80. The van der Waals surface area contributed by atoms with Crippen LogP contribution in [0.15, 0.2) is 16.6 Å². The summed E-state index contributed by atoms with van der Waals surface area (Å²) >= 11 is 3.47. The molecule has 3 N–H and O–H groups in total. The Morgan fingerprint density at radius 3 is 2.89 bits per heavy atom. The van der Waals surface area contributed by atoms with Gasteiger partial charge in [0, 0.05) is 11.0 Å². The molecule has 0 saturated heterocycles. The van der Waals surface area contributed by atoms with E-state index in [1.807, 2.05) is 19.1 Å². The average Bonchev–Trinajstić information content (AvgIpc) is 2.64. The van der Waals surface area contributed by atoms with Gasteiger partial charge in [-0.2, -0.15) is 0 Å². The molecule has 0 fully saturated rings. The maximum absolute atomic E-state index is 9.80. The second-order valence-corrected chi connectivity index (χ2v) is 4.82. The first-order valence-corrected chi connectivity index (χ1v) is 6.46. The van der Waals surface area contributed by atoms with Crippen molar-refractivity contribution in [2.24, 2.45) is 5.73 Å². The molecule has 4 nitrogen and oxygen atoms in total. The highest BCUT2D eigenvalue weighted by atomic mass is 79.9. The Bertz CT molecular complexity index is 422. The Balaban J connectivity index is 0.00000162. The topological polar surface area (TPSA) is 64.7 Å². The third kappa shape index (κ3) is 3.00. The molecule has 1 aliphatic heterocycles. The van der Waals surface area contributed by atoms with E-state index in [0.29, 0.717) is 13.2 Å². The molecular formula is C11H16BBrClNO3. The van der Waals surface area contributed by atoms with Crippen LogP contribution in [0, 0.1) is 0 Å². The van der Waals surface area contributed by atoms with Gasteiger partial charge in [-0.25, -0.2) is 0 Å². The number of hydrogen-bond donors (Lipinski definition) is 2. The molecule has 1 unspecified atom stereocenters. The second-order valence-electron chi connectivity index (χ2n) is 3.97. The molecule has 0 radical (unpaired) electrons. The first-order valence-electron chi connectivity index (χ1n) is 5.67. The molecule has 0 saturated carbocycles. The molecule has 18 heavy (non-hydrogen) atoms. The quantitative estimate of drug-likeness (QED) is 0.816. The third-order valence-corrected chi connectivity index (χ3v) is 3.36. The summed E-state index contributed by atoms with van der Waals surface area (Å²) in [5, 5.41) is 9.80. The molecule has 2 rings (SSSR count). The monoisotopic (exact) mass is 335 g/mol. The zero-order chi connectivity index (χ0) is 12.4. The van der Waals surface area contributed by atoms with E-state index in [2.05, 4.69) is 15.9 Å². The van der Waals surface area contributed by atoms with Gasteiger partial charge >= 0.3 is 7.12 Å². The highest BCUT2D eigenvalue weighted by molar-refractivity contribution is 9.10. The predicted octanol–water partition coefficient (Wildman–Crippen LogP) is 1.38. The first kappa shape index (κ1) is 15.8. The van der Waals surface area contributed by atoms with Crippen LogP contribution >= 0.6 is 28.3 Å². The van der Waals surface area contributed by atoms with E-state index in [-0.39, 0.29) is 18.5 Å². The zero-order valence-electron chi connectivity index (χ0n) is 10.1. The van der Waals surface area contributed by atoms with Gasteiger partial charge < -0.3 is 20.1 Å². The lowest BCUT2D eigenvalue weighted by Crippen LogP contribution is -2.28. The molecule has 0 aromatic heterocycles. The van der Waals surface area contributed by atoms with Crippen LogP contribution in [0.1, 0.15) is 25.0 Å². The van der Waals surface area contributed by atoms with E-state index in [0.717, 1.165) is 27.7 Å². The number of benzene rings is 1. The van der Waals surface area contributed by atoms with Crippen LogP contribution in [0.4, 0.5) is 0 Å². The molecule has 0 amide bonds. The lowest BCUT2D eigenvalue weighted by atomic mass is 9.79. The minimum absolute atomic E-state index is 0. The number of nitrogens with two attached hydrogens (primary N) is 1. The number of rotatable bonds is 4. The molecule has 1 aromatic carbocycles. The molecule has 1 heterocycles. The Labute approximate surface area is 122 Å². The standard InChI is InChI=1S/C11H15BBrNO3.ClH/c1-2-3-16-7-4-8-11(9(13)5-7)10(6-14)17-12(8)15;/h4-5,10,15H,2-3,6,14H2,1H3;1H. The van der Waals surface area contributed by atoms with Gasteiger partial charge in [0.2, 0.25) is 0 Å². The second kappa shape index (κ2) is 6.77. The lowest BCUT2D eigenvalue weighted by molar-refractivity contribution is 0.197. The van der Waals surface area contributed by atoms with Gasteiger partial charge in [-0.3, -0.25) is 0 Å². The fourth-order valence-corrected chi connectivity index (χ4v) is 2.64. The van der Waals surface area contributed by atoms with Crippen LogP contribution < -0.4 is 15.9 Å². The van der Waals surface area contributed by atoms with Gasteiger partial charge in [-0.05, 0) is 29.6 Å². The molecule has 1 aliphatic rings. The molecule has 0 bridgehead atoms. The smallest absolute Gasteiger partial charge is 0.492 e. The van der Waals surface area contributed by atoms with Crippen LogP contribution in [0.2, 0.25) is 0 Å². The van der Waals surface area contributed by atoms with Gasteiger partial charge in [-0.15, -0.1) is 12.4 Å². The summed E-state index contributed by atoms with van der Waals surface area (Å²) < 4.78 is 11.8. The van der Waals surface area contributed by atoms with E-state index < -0.39 is 7.12 Å². The summed E-state index contributed by atoms with van der Waals surface area (Å²) in [6.45, 7) is 3.05. The van der Waals surface area contributed by atoms with Crippen molar-refractivity contribution >= 4 is 40.9 Å². The van der Waals surface area contributed by atoms with Crippen LogP contribution in [0.25, 0.3) is 0 Å². The molecule has 1 aromatic rings. The van der Waals surface area contributed by atoms with Crippen molar-refractivity contribution < 1.29 is 14.4 Å². The zero-order valence-corrected chi connectivity index (χ0v) is 12.5. The van der Waals surface area contributed by atoms with Gasteiger partial charge in [-0.1, -0.05) is 22.9 Å². The summed E-state index contributed by atoms with van der Waals surface area (Å²) in [7, 11) is -0.917. The highest BCUT2D eigenvalue weighted by Gasteiger charge is 2.36. The average molecular weight is 336 g/mol. The fraction of sp³-hybridized carbons (Fsp3) is 0.455. The Morgan fingerprint density at radius 2 is 2.28 bits per heavy atom. The number of fused-ring (bicyclic) bond motifs is 1. The molecule has 7 heteroatoms. The molecule has 100 valence electrons. The van der Waals surface area contributed by atoms with Crippen molar-refractivity contribution in [3.8, 4) is 5.75 Å². The summed E-state index contributed by atoms with van der Waals surface area (Å²) in [4.78, 5) is 0. The van der Waals surface area contributed by atoms with Crippen molar-refractivity contribution in [2.75, 3.05) is 13.2 Å². The highest BCUT2D eigenvalue weighted by Crippen LogP contribution is 2.32. The van der Waals surface area contributed by atoms with Gasteiger partial charge in [0.1, 0.15) is 5.75 Å². The van der Waals surface area contributed by atoms with Crippen molar-refractivity contribution in [1.29, 1.82) is 0 Å². The van der Waals surface area contributed by atoms with E-state index in [1.165, 1.54) is 0 Å². The molecule has 1 atom stereocenters. The summed E-state index contributed by atoms with van der Waals surface area (Å²) in [5.41, 5.74) is 7.27. The molecule has 0 aliphatic carbocycles. The summed E-state index contributed by atoms with van der Waals surface area (Å²) in [6.07, 6.45) is 0.689. The maximum Gasteiger partial charge on any atom is 0.492 e. The molecule has 0 spiro atoms. The first-order chi connectivity index (χ1) is 8.17. The van der Waals surface area contributed by atoms with Crippen molar-refractivity contribution in [1.82, 2.24) is 0 Å². The minimum atomic E-state index is -0.917. The number of hydrogen-bond acceptors (Lipinski definition) is 4. The number of halogens is 2. The van der Waals surface area contributed by atoms with Crippen LogP contribution in [-0.4, -0.2) is 25.3 Å². The van der Waals surface area contributed by atoms with Gasteiger partial charge in [0.15, 0.2) is 0 Å². The lowest BCUT2D eigenvalue weighted by Gasteiger charge is -2.12. The van der Waals surface area contributed by atoms with Crippen molar-refractivity contribution in [3.05, 3.63) is 22.2 Å². The van der Waals surface area contributed by atoms with E-state index in [4.69, 9.17) is 15.1 Å². The largest absolute Gasteiger partial charge is 0.494 e. The van der Waals surface area contributed by atoms with Gasteiger partial charge in [0.05, 0.1) is 12.7 Å². The minimum Gasteiger partial charge on any atom is -0.494 e. The van der Waals surface area contributed by atoms with E-state index in [1.54, 1.807) is 0 Å². The molecular weight excluding hydrogens is 320 g/mol. The van der Waals surface area contributed by atoms with E-state index >= 15 is 0 Å². The Hall–Kier alpha value is -0.265. The van der Waals surface area contributed by atoms with Crippen LogP contribution in [-0.2, 0) is 4.65 Å². The Kier molecular flexibility index (Phi) is 5.94. The number of ether oxygens (including phenoxy) is 1. The predicted molar refractivity (Wildman–Crippen MR) is 77.7 cm³/mol. The normalized spacial score (nSPS) is 17.3. The van der Waals surface area contributed by atoms with E-state index in [9.17, 15) is 5.02 Å². The third-order valence-electron chi connectivity index (χ3n) is 2.70. The van der Waals surface area contributed by atoms with Crippen LogP contribution in [0.3, 0.4) is 0 Å².